The van der Waals surface area contributed by atoms with Gasteiger partial charge in [-0.15, -0.1) is 0 Å². The minimum Gasteiger partial charge on any atom is -0.440 e. The molecule has 3 N–H and O–H groups in total. The number of nitrogens with one attached hydrogen (secondary N) is 1. The lowest BCUT2D eigenvalue weighted by Crippen LogP contribution is -2.27. The minimum absolute atomic E-state index is 0.0453. The fraction of sp³-hybridized carbons (Fsp3) is 0.143. The van der Waals surface area contributed by atoms with Crippen molar-refractivity contribution in [2.75, 3.05) is 0 Å². The van der Waals surface area contributed by atoms with Crippen LogP contribution in [0.4, 0.5) is 5.88 Å². The normalized spacial score (nSPS) is 16.4. The maximum Gasteiger partial charge on any atom is 0.433 e. The van der Waals surface area contributed by atoms with Gasteiger partial charge in [-0.05, 0) is 13.0 Å². The molecule has 0 aliphatic carbocycles. The molecule has 1 aliphatic heterocycles. The number of ether oxygens (including phenoxy) is 1. The molecule has 0 fully saturated rings. The number of nitrogens with zero attached hydrogens (tertiary/aromatic N) is 2. The summed E-state index contributed by atoms with van der Waals surface area (Å²) in [6, 6.07) is 5.91. The molecular formula is C14H10N4O5. The molecule has 0 amide bonds. The molecule has 2 aromatic rings. The van der Waals surface area contributed by atoms with E-state index in [1.807, 2.05) is 6.07 Å². The topological polar surface area (TPSA) is 148 Å². The second kappa shape index (κ2) is 5.03. The number of aromatic amines is 1. The molecule has 0 spiro atoms. The number of furan rings is 1. The average molecular weight is 314 g/mol. The molecule has 9 nitrogen and oxygen atoms in total. The van der Waals surface area contributed by atoms with Gasteiger partial charge in [0.2, 0.25) is 5.88 Å². The number of pyridine rings is 1. The lowest BCUT2D eigenvalue weighted by Gasteiger charge is -2.23. The van der Waals surface area contributed by atoms with Crippen LogP contribution in [0.3, 0.4) is 0 Å². The van der Waals surface area contributed by atoms with Crippen LogP contribution in [0.25, 0.3) is 0 Å². The Morgan fingerprint density at radius 1 is 1.48 bits per heavy atom. The van der Waals surface area contributed by atoms with E-state index in [-0.39, 0.29) is 28.5 Å². The van der Waals surface area contributed by atoms with Crippen molar-refractivity contribution in [3.63, 3.8) is 0 Å². The number of H-pyrrole nitrogens is 1. The van der Waals surface area contributed by atoms with Gasteiger partial charge in [-0.25, -0.2) is 0 Å². The number of nitro groups is 1. The van der Waals surface area contributed by atoms with E-state index >= 15 is 0 Å². The van der Waals surface area contributed by atoms with E-state index in [4.69, 9.17) is 14.9 Å². The first-order valence-corrected chi connectivity index (χ1v) is 6.48. The number of aromatic nitrogens is 1. The van der Waals surface area contributed by atoms with Gasteiger partial charge < -0.3 is 19.9 Å². The minimum atomic E-state index is -0.971. The Kier molecular flexibility index (Phi) is 3.15. The number of fused-ring (bicyclic) bond motifs is 1. The highest BCUT2D eigenvalue weighted by Gasteiger charge is 2.36. The lowest BCUT2D eigenvalue weighted by molar-refractivity contribution is -0.402. The molecule has 1 aliphatic rings. The SMILES string of the molecule is Cc1cc2c(c(=O)[nH]1)[C@@H](c1ccc([N+](=O)[O-])o1)C(C#N)=C(N)O2. The number of hydrogen-bond donors (Lipinski definition) is 2. The van der Waals surface area contributed by atoms with E-state index in [9.17, 15) is 20.2 Å². The molecule has 3 rings (SSSR count). The van der Waals surface area contributed by atoms with Crippen LogP contribution in [-0.2, 0) is 0 Å². The summed E-state index contributed by atoms with van der Waals surface area (Å²) < 4.78 is 10.5. The Balaban J connectivity index is 2.27. The standard InChI is InChI=1S/C14H10N4O5/c1-6-4-9-12(14(19)17-6)11(7(5-15)13(16)23-9)8-2-3-10(22-8)18(20)21/h2-4,11H,16H2,1H3,(H,17,19)/t11-/m1/s1. The summed E-state index contributed by atoms with van der Waals surface area (Å²) in [4.78, 5) is 25.0. The Morgan fingerprint density at radius 2 is 2.22 bits per heavy atom. The highest BCUT2D eigenvalue weighted by molar-refractivity contribution is 5.53. The van der Waals surface area contributed by atoms with E-state index in [1.165, 1.54) is 6.07 Å². The monoisotopic (exact) mass is 314 g/mol. The average Bonchev–Trinajstić information content (AvgIpc) is 2.95. The Bertz CT molecular complexity index is 947. The van der Waals surface area contributed by atoms with E-state index in [0.29, 0.717) is 5.69 Å². The number of aryl methyl sites for hydroxylation is 1. The van der Waals surface area contributed by atoms with Crippen molar-refractivity contribution in [2.24, 2.45) is 5.73 Å². The van der Waals surface area contributed by atoms with Crippen LogP contribution in [0.5, 0.6) is 5.75 Å². The molecule has 3 heterocycles. The molecule has 9 heteroatoms. The summed E-state index contributed by atoms with van der Waals surface area (Å²) >= 11 is 0. The van der Waals surface area contributed by atoms with Gasteiger partial charge in [0.1, 0.15) is 28.1 Å². The molecular weight excluding hydrogens is 304 g/mol. The second-order valence-corrected chi connectivity index (χ2v) is 4.92. The van der Waals surface area contributed by atoms with Crippen LogP contribution >= 0.6 is 0 Å². The Morgan fingerprint density at radius 3 is 2.83 bits per heavy atom. The summed E-state index contributed by atoms with van der Waals surface area (Å²) in [6.45, 7) is 1.66. The molecule has 2 aromatic heterocycles. The number of allylic oxidation sites excluding steroid dienone is 1. The van der Waals surface area contributed by atoms with Crippen molar-refractivity contribution in [1.29, 1.82) is 5.26 Å². The fourth-order valence-electron chi connectivity index (χ4n) is 2.49. The van der Waals surface area contributed by atoms with Gasteiger partial charge in [0.15, 0.2) is 0 Å². The maximum absolute atomic E-state index is 12.3. The number of nitriles is 1. The molecule has 0 saturated heterocycles. The first kappa shape index (κ1) is 14.4. The summed E-state index contributed by atoms with van der Waals surface area (Å²) in [5, 5.41) is 20.1. The van der Waals surface area contributed by atoms with Crippen LogP contribution in [0, 0.1) is 28.4 Å². The molecule has 0 bridgehead atoms. The van der Waals surface area contributed by atoms with Crippen LogP contribution in [0.1, 0.15) is 22.9 Å². The van der Waals surface area contributed by atoms with Gasteiger partial charge >= 0.3 is 5.88 Å². The Hall–Kier alpha value is -3.54. The van der Waals surface area contributed by atoms with E-state index < -0.39 is 22.3 Å². The van der Waals surface area contributed by atoms with Crippen molar-refractivity contribution in [3.8, 4) is 11.8 Å². The Labute approximate surface area is 128 Å². The molecule has 0 unspecified atom stereocenters. The lowest BCUT2D eigenvalue weighted by atomic mass is 9.88. The third-order valence-electron chi connectivity index (χ3n) is 3.43. The van der Waals surface area contributed by atoms with Crippen molar-refractivity contribution < 1.29 is 14.1 Å². The molecule has 0 radical (unpaired) electrons. The van der Waals surface area contributed by atoms with Crippen LogP contribution in [-0.4, -0.2) is 9.91 Å². The van der Waals surface area contributed by atoms with Gasteiger partial charge in [-0.1, -0.05) is 0 Å². The summed E-state index contributed by atoms with van der Waals surface area (Å²) in [5.74, 6) is -1.38. The smallest absolute Gasteiger partial charge is 0.433 e. The molecule has 1 atom stereocenters. The zero-order valence-corrected chi connectivity index (χ0v) is 11.8. The zero-order chi connectivity index (χ0) is 16.7. The molecule has 23 heavy (non-hydrogen) atoms. The van der Waals surface area contributed by atoms with Gasteiger partial charge in [-0.2, -0.15) is 5.26 Å². The first-order chi connectivity index (χ1) is 10.9. The van der Waals surface area contributed by atoms with Crippen molar-refractivity contribution in [1.82, 2.24) is 4.98 Å². The highest BCUT2D eigenvalue weighted by atomic mass is 16.6. The van der Waals surface area contributed by atoms with E-state index in [1.54, 1.807) is 13.0 Å². The van der Waals surface area contributed by atoms with E-state index in [2.05, 4.69) is 4.98 Å². The van der Waals surface area contributed by atoms with Crippen molar-refractivity contribution in [2.45, 2.75) is 12.8 Å². The summed E-state index contributed by atoms with van der Waals surface area (Å²) in [7, 11) is 0. The quantitative estimate of drug-likeness (QED) is 0.628. The van der Waals surface area contributed by atoms with Crippen molar-refractivity contribution >= 4 is 5.88 Å². The maximum atomic E-state index is 12.3. The largest absolute Gasteiger partial charge is 0.440 e. The second-order valence-electron chi connectivity index (χ2n) is 4.92. The van der Waals surface area contributed by atoms with Gasteiger partial charge in [0, 0.05) is 11.8 Å². The summed E-state index contributed by atoms with van der Waals surface area (Å²) in [6.07, 6.45) is 0. The van der Waals surface area contributed by atoms with E-state index in [0.717, 1.165) is 6.07 Å². The number of hydrogen-bond acceptors (Lipinski definition) is 7. The third kappa shape index (κ3) is 2.22. The van der Waals surface area contributed by atoms with Crippen LogP contribution in [0.15, 0.2) is 38.9 Å². The molecule has 0 saturated carbocycles. The number of nitrogens with two attached hydrogens (primary N) is 1. The first-order valence-electron chi connectivity index (χ1n) is 6.48. The van der Waals surface area contributed by atoms with Gasteiger partial charge in [0.05, 0.1) is 17.5 Å². The third-order valence-corrected chi connectivity index (χ3v) is 3.43. The predicted octanol–water partition coefficient (Wildman–Crippen LogP) is 1.40. The van der Waals surface area contributed by atoms with Crippen molar-refractivity contribution in [3.05, 3.63) is 67.1 Å². The molecule has 0 aromatic carbocycles. The fourth-order valence-corrected chi connectivity index (χ4v) is 2.49. The van der Waals surface area contributed by atoms with Gasteiger partial charge in [-0.3, -0.25) is 14.9 Å². The summed E-state index contributed by atoms with van der Waals surface area (Å²) in [5.41, 5.74) is 5.88. The number of rotatable bonds is 2. The zero-order valence-electron chi connectivity index (χ0n) is 11.8. The highest BCUT2D eigenvalue weighted by Crippen LogP contribution is 2.41. The predicted molar refractivity (Wildman–Crippen MR) is 76.5 cm³/mol. The molecule has 116 valence electrons. The van der Waals surface area contributed by atoms with Crippen LogP contribution in [0.2, 0.25) is 0 Å². The van der Waals surface area contributed by atoms with Gasteiger partial charge in [0.25, 0.3) is 5.56 Å². The van der Waals surface area contributed by atoms with Crippen LogP contribution < -0.4 is 16.0 Å².